The summed E-state index contributed by atoms with van der Waals surface area (Å²) in [5, 5.41) is 14.2. The summed E-state index contributed by atoms with van der Waals surface area (Å²) < 4.78 is 13.1. The van der Waals surface area contributed by atoms with E-state index >= 15 is 0 Å². The highest BCUT2D eigenvalue weighted by Gasteiger charge is 2.25. The summed E-state index contributed by atoms with van der Waals surface area (Å²) in [7, 11) is 1.61. The minimum Gasteiger partial charge on any atom is -0.497 e. The highest BCUT2D eigenvalue weighted by atomic mass is 32.2. The standard InChI is InChI=1S/C21H24N4O3S2/c1-14(20(26)22-15-7-9-16(27-2)10-8-15)30-21-24-23-19(18-6-4-12-29-18)25(21)13-17-5-3-11-28-17/h4,6-10,12,14,17H,3,5,11,13H2,1-2H3,(H,22,26). The molecule has 9 heteroatoms. The molecule has 1 aliphatic heterocycles. The Morgan fingerprint density at radius 3 is 2.87 bits per heavy atom. The molecule has 2 atom stereocenters. The molecule has 1 N–H and O–H groups in total. The van der Waals surface area contributed by atoms with Crippen LogP contribution in [0.15, 0.2) is 46.9 Å². The zero-order valence-electron chi connectivity index (χ0n) is 16.9. The van der Waals surface area contributed by atoms with E-state index in [0.29, 0.717) is 6.54 Å². The van der Waals surface area contributed by atoms with Gasteiger partial charge in [-0.15, -0.1) is 21.5 Å². The van der Waals surface area contributed by atoms with Crippen molar-refractivity contribution < 1.29 is 14.3 Å². The maximum Gasteiger partial charge on any atom is 0.237 e. The molecular weight excluding hydrogens is 420 g/mol. The quantitative estimate of drug-likeness (QED) is 0.522. The Morgan fingerprint density at radius 2 is 2.20 bits per heavy atom. The second kappa shape index (κ2) is 9.63. The number of hydrogen-bond acceptors (Lipinski definition) is 7. The number of amides is 1. The lowest BCUT2D eigenvalue weighted by molar-refractivity contribution is -0.115. The number of carbonyl (C=O) groups excluding carboxylic acids is 1. The molecular formula is C21H24N4O3S2. The number of hydrogen-bond donors (Lipinski definition) is 1. The van der Waals surface area contributed by atoms with Crippen molar-refractivity contribution in [1.29, 1.82) is 0 Å². The molecule has 0 aliphatic carbocycles. The highest BCUT2D eigenvalue weighted by molar-refractivity contribution is 8.00. The van der Waals surface area contributed by atoms with Gasteiger partial charge in [-0.2, -0.15) is 0 Å². The molecule has 158 valence electrons. The van der Waals surface area contributed by atoms with Crippen molar-refractivity contribution in [2.24, 2.45) is 0 Å². The number of aromatic nitrogens is 3. The molecule has 1 saturated heterocycles. The fraction of sp³-hybridized carbons (Fsp3) is 0.381. The summed E-state index contributed by atoms with van der Waals surface area (Å²) >= 11 is 3.04. The summed E-state index contributed by atoms with van der Waals surface area (Å²) in [4.78, 5) is 13.8. The number of anilines is 1. The highest BCUT2D eigenvalue weighted by Crippen LogP contribution is 2.31. The number of ether oxygens (including phenoxy) is 2. The average molecular weight is 445 g/mol. The minimum atomic E-state index is -0.337. The van der Waals surface area contributed by atoms with Crippen LogP contribution in [0.25, 0.3) is 10.7 Å². The second-order valence-electron chi connectivity index (χ2n) is 7.01. The summed E-state index contributed by atoms with van der Waals surface area (Å²) in [6.07, 6.45) is 2.26. The monoisotopic (exact) mass is 444 g/mol. The second-order valence-corrected chi connectivity index (χ2v) is 9.26. The maximum absolute atomic E-state index is 12.7. The van der Waals surface area contributed by atoms with Crippen molar-refractivity contribution in [3.05, 3.63) is 41.8 Å². The number of carbonyl (C=O) groups is 1. The fourth-order valence-corrected chi connectivity index (χ4v) is 4.83. The number of thiophene rings is 1. The molecule has 3 heterocycles. The number of nitrogens with zero attached hydrogens (tertiary/aromatic N) is 3. The lowest BCUT2D eigenvalue weighted by Crippen LogP contribution is -2.23. The van der Waals surface area contributed by atoms with Crippen molar-refractivity contribution >= 4 is 34.7 Å². The summed E-state index contributed by atoms with van der Waals surface area (Å²) in [5.41, 5.74) is 0.730. The first kappa shape index (κ1) is 20.9. The summed E-state index contributed by atoms with van der Waals surface area (Å²) in [5.74, 6) is 1.49. The molecule has 7 nitrogen and oxygen atoms in total. The van der Waals surface area contributed by atoms with Crippen LogP contribution in [0.4, 0.5) is 5.69 Å². The van der Waals surface area contributed by atoms with Gasteiger partial charge in [-0.3, -0.25) is 9.36 Å². The Morgan fingerprint density at radius 1 is 1.37 bits per heavy atom. The fourth-order valence-electron chi connectivity index (χ4n) is 3.25. The molecule has 0 saturated carbocycles. The summed E-state index contributed by atoms with van der Waals surface area (Å²) in [6.45, 7) is 3.36. The third kappa shape index (κ3) is 4.85. The first-order chi connectivity index (χ1) is 14.6. The molecule has 30 heavy (non-hydrogen) atoms. The van der Waals surface area contributed by atoms with E-state index in [1.165, 1.54) is 11.8 Å². The van der Waals surface area contributed by atoms with Crippen molar-refractivity contribution in [2.75, 3.05) is 19.0 Å². The van der Waals surface area contributed by atoms with Gasteiger partial charge in [-0.1, -0.05) is 17.8 Å². The number of thioether (sulfide) groups is 1. The predicted octanol–water partition coefficient (Wildman–Crippen LogP) is 4.31. The van der Waals surface area contributed by atoms with Crippen molar-refractivity contribution in [3.63, 3.8) is 0 Å². The van der Waals surface area contributed by atoms with E-state index in [2.05, 4.69) is 20.1 Å². The zero-order valence-corrected chi connectivity index (χ0v) is 18.5. The van der Waals surface area contributed by atoms with Crippen molar-refractivity contribution in [3.8, 4) is 16.5 Å². The molecule has 4 rings (SSSR count). The Hall–Kier alpha value is -2.36. The van der Waals surface area contributed by atoms with Gasteiger partial charge in [0.25, 0.3) is 0 Å². The van der Waals surface area contributed by atoms with Gasteiger partial charge >= 0.3 is 0 Å². The molecule has 2 unspecified atom stereocenters. The molecule has 0 bridgehead atoms. The molecule has 0 spiro atoms. The molecule has 1 aromatic carbocycles. The third-order valence-electron chi connectivity index (χ3n) is 4.88. The third-order valence-corrected chi connectivity index (χ3v) is 6.82. The van der Waals surface area contributed by atoms with Crippen LogP contribution in [-0.2, 0) is 16.1 Å². The van der Waals surface area contributed by atoms with Gasteiger partial charge in [0.2, 0.25) is 5.91 Å². The van der Waals surface area contributed by atoms with Gasteiger partial charge in [0.05, 0.1) is 29.9 Å². The molecule has 0 radical (unpaired) electrons. The van der Waals surface area contributed by atoms with Gasteiger partial charge in [0, 0.05) is 12.3 Å². The first-order valence-electron chi connectivity index (χ1n) is 9.84. The Bertz CT molecular complexity index is 967. The van der Waals surface area contributed by atoms with Gasteiger partial charge in [0.15, 0.2) is 11.0 Å². The van der Waals surface area contributed by atoms with E-state index in [1.807, 2.05) is 48.7 Å². The molecule has 1 amide bonds. The predicted molar refractivity (Wildman–Crippen MR) is 119 cm³/mol. The van der Waals surface area contributed by atoms with Crippen LogP contribution in [0.1, 0.15) is 19.8 Å². The lowest BCUT2D eigenvalue weighted by atomic mass is 10.2. The normalized spacial score (nSPS) is 17.1. The summed E-state index contributed by atoms with van der Waals surface area (Å²) in [6, 6.07) is 11.3. The largest absolute Gasteiger partial charge is 0.497 e. The Labute approximate surface area is 183 Å². The number of methoxy groups -OCH3 is 1. The van der Waals surface area contributed by atoms with E-state index in [4.69, 9.17) is 9.47 Å². The van der Waals surface area contributed by atoms with Crippen LogP contribution < -0.4 is 10.1 Å². The number of rotatable bonds is 8. The average Bonchev–Trinajstić information content (AvgIpc) is 3.52. The van der Waals surface area contributed by atoms with E-state index in [-0.39, 0.29) is 17.3 Å². The van der Waals surface area contributed by atoms with Gasteiger partial charge in [-0.25, -0.2) is 0 Å². The van der Waals surface area contributed by atoms with E-state index in [9.17, 15) is 4.79 Å². The van der Waals surface area contributed by atoms with Crippen LogP contribution in [0.3, 0.4) is 0 Å². The molecule has 2 aromatic heterocycles. The zero-order chi connectivity index (χ0) is 20.9. The molecule has 1 fully saturated rings. The van der Waals surface area contributed by atoms with Crippen LogP contribution in [0.5, 0.6) is 5.75 Å². The van der Waals surface area contributed by atoms with Crippen LogP contribution >= 0.6 is 23.1 Å². The lowest BCUT2D eigenvalue weighted by Gasteiger charge is -2.16. The van der Waals surface area contributed by atoms with Crippen LogP contribution in [-0.4, -0.2) is 45.7 Å². The molecule has 1 aliphatic rings. The topological polar surface area (TPSA) is 78.3 Å². The number of benzene rings is 1. The number of nitrogens with one attached hydrogen (secondary N) is 1. The Kier molecular flexibility index (Phi) is 6.71. The van der Waals surface area contributed by atoms with Crippen LogP contribution in [0.2, 0.25) is 0 Å². The van der Waals surface area contributed by atoms with E-state index < -0.39 is 0 Å². The van der Waals surface area contributed by atoms with Gasteiger partial charge < -0.3 is 14.8 Å². The Balaban J connectivity index is 1.48. The molecule has 3 aromatic rings. The minimum absolute atomic E-state index is 0.0884. The van der Waals surface area contributed by atoms with Crippen LogP contribution in [0, 0.1) is 0 Å². The smallest absolute Gasteiger partial charge is 0.237 e. The van der Waals surface area contributed by atoms with Crippen molar-refractivity contribution in [1.82, 2.24) is 14.8 Å². The van der Waals surface area contributed by atoms with E-state index in [1.54, 1.807) is 18.4 Å². The maximum atomic E-state index is 12.7. The van der Waals surface area contributed by atoms with Crippen molar-refractivity contribution in [2.45, 2.75) is 42.8 Å². The van der Waals surface area contributed by atoms with Gasteiger partial charge in [-0.05, 0) is 55.5 Å². The van der Waals surface area contributed by atoms with E-state index in [0.717, 1.165) is 46.7 Å². The SMILES string of the molecule is COc1ccc(NC(=O)C(C)Sc2nnc(-c3cccs3)n2CC2CCCO2)cc1. The first-order valence-corrected chi connectivity index (χ1v) is 11.6. The van der Waals surface area contributed by atoms with Gasteiger partial charge in [0.1, 0.15) is 5.75 Å².